The molecule has 0 spiro atoms. The molecule has 0 rings (SSSR count). The second-order valence-corrected chi connectivity index (χ2v) is 11.0. The Hall–Kier alpha value is -0.521. The zero-order valence-electron chi connectivity index (χ0n) is 17.2. The molecule has 0 aromatic heterocycles. The Morgan fingerprint density at radius 1 is 0.731 bits per heavy atom. The van der Waals surface area contributed by atoms with Crippen LogP contribution in [0.3, 0.4) is 0 Å². The summed E-state index contributed by atoms with van der Waals surface area (Å²) < 4.78 is 3.31. The van der Waals surface area contributed by atoms with Gasteiger partial charge in [0.1, 0.15) is 0 Å². The average Bonchev–Trinajstić information content (AvgIpc) is 2.59. The summed E-state index contributed by atoms with van der Waals surface area (Å²) in [5.74, 6) is -2.45. The van der Waals surface area contributed by atoms with Crippen LogP contribution < -0.4 is 0 Å². The zero-order chi connectivity index (χ0) is 20.0. The Bertz CT molecular complexity index is 353. The van der Waals surface area contributed by atoms with Crippen LogP contribution in [-0.4, -0.2) is 43.3 Å². The molecule has 2 N–H and O–H groups in total. The molecule has 5 heteroatoms. The zero-order valence-corrected chi connectivity index (χ0v) is 20.0. The van der Waals surface area contributed by atoms with Gasteiger partial charge in [0, 0.05) is 11.6 Å². The molecule has 0 aromatic rings. The van der Waals surface area contributed by atoms with E-state index in [1.54, 1.807) is 21.7 Å². The van der Waals surface area contributed by atoms with Crippen molar-refractivity contribution in [3.05, 3.63) is 11.6 Å². The monoisotopic (exact) mass is 476 g/mol. The van der Waals surface area contributed by atoms with Crippen LogP contribution >= 0.6 is 0 Å². The minimum absolute atomic E-state index is 0.0736. The van der Waals surface area contributed by atoms with Crippen molar-refractivity contribution in [3.8, 4) is 0 Å². The summed E-state index contributed by atoms with van der Waals surface area (Å²) >= 11 is 0.0736. The molecule has 0 fully saturated rings. The summed E-state index contributed by atoms with van der Waals surface area (Å²) in [7, 11) is 0. The van der Waals surface area contributed by atoms with Gasteiger partial charge in [-0.2, -0.15) is 0 Å². The van der Waals surface area contributed by atoms with Crippen molar-refractivity contribution < 1.29 is 19.8 Å². The third-order valence-corrected chi connectivity index (χ3v) is 8.13. The van der Waals surface area contributed by atoms with Crippen molar-refractivity contribution in [2.45, 2.75) is 107 Å². The number of unbranched alkanes of at least 4 members (excludes halogenated alkanes) is 10. The molecule has 0 heterocycles. The SMILES string of the molecule is C/C(=C/C(=O)O)C(=O)O.CCCCCCC[CH2][Sn][CH2]CCCCCCC. The first-order chi connectivity index (χ1) is 12.5. The molecule has 0 bridgehead atoms. The molecule has 0 aliphatic carbocycles. The Kier molecular flexibility index (Phi) is 24.0. The van der Waals surface area contributed by atoms with Crippen molar-refractivity contribution in [2.24, 2.45) is 0 Å². The number of hydrogen-bond donors (Lipinski definition) is 2. The van der Waals surface area contributed by atoms with Gasteiger partial charge in [-0.05, 0) is 6.92 Å². The molecule has 0 saturated heterocycles. The van der Waals surface area contributed by atoms with Crippen LogP contribution in [0.15, 0.2) is 11.6 Å². The molecular formula is C21H40O4Sn. The fourth-order valence-corrected chi connectivity index (χ4v) is 6.00. The van der Waals surface area contributed by atoms with Crippen molar-refractivity contribution >= 4 is 33.1 Å². The summed E-state index contributed by atoms with van der Waals surface area (Å²) in [6, 6.07) is 0. The summed E-state index contributed by atoms with van der Waals surface area (Å²) in [5.41, 5.74) is -0.178. The molecule has 0 unspecified atom stereocenters. The number of aliphatic carboxylic acids is 2. The predicted molar refractivity (Wildman–Crippen MR) is 111 cm³/mol. The fourth-order valence-electron chi connectivity index (χ4n) is 2.43. The van der Waals surface area contributed by atoms with E-state index in [4.69, 9.17) is 10.2 Å². The van der Waals surface area contributed by atoms with Gasteiger partial charge >= 0.3 is 133 Å². The van der Waals surface area contributed by atoms with Crippen LogP contribution in [0, 0.1) is 0 Å². The second-order valence-electron chi connectivity index (χ2n) is 6.76. The first kappa shape index (κ1) is 27.7. The molecule has 26 heavy (non-hydrogen) atoms. The first-order valence-corrected chi connectivity index (χ1v) is 14.3. The molecule has 2 radical (unpaired) electrons. The van der Waals surface area contributed by atoms with E-state index in [2.05, 4.69) is 13.8 Å². The number of hydrogen-bond acceptors (Lipinski definition) is 2. The van der Waals surface area contributed by atoms with Gasteiger partial charge in [0.2, 0.25) is 0 Å². The van der Waals surface area contributed by atoms with E-state index in [0.29, 0.717) is 6.08 Å². The Morgan fingerprint density at radius 2 is 1.12 bits per heavy atom. The first-order valence-electron chi connectivity index (χ1n) is 10.3. The quantitative estimate of drug-likeness (QED) is 0.155. The second kappa shape index (κ2) is 22.5. The van der Waals surface area contributed by atoms with Crippen molar-refractivity contribution in [1.29, 1.82) is 0 Å². The summed E-state index contributed by atoms with van der Waals surface area (Å²) in [5, 5.41) is 16.1. The molecule has 4 nitrogen and oxygen atoms in total. The Morgan fingerprint density at radius 3 is 1.42 bits per heavy atom. The van der Waals surface area contributed by atoms with Gasteiger partial charge in [0.25, 0.3) is 0 Å². The van der Waals surface area contributed by atoms with Crippen LogP contribution in [0.5, 0.6) is 0 Å². The van der Waals surface area contributed by atoms with Crippen molar-refractivity contribution in [1.82, 2.24) is 0 Å². The fraction of sp³-hybridized carbons (Fsp3) is 0.810. The summed E-state index contributed by atoms with van der Waals surface area (Å²) in [6.45, 7) is 5.82. The summed E-state index contributed by atoms with van der Waals surface area (Å²) in [4.78, 5) is 19.7. The number of carboxylic acid groups (broad SMARTS) is 2. The van der Waals surface area contributed by atoms with Gasteiger partial charge in [-0.3, -0.25) is 0 Å². The van der Waals surface area contributed by atoms with Gasteiger partial charge < -0.3 is 10.2 Å². The van der Waals surface area contributed by atoms with E-state index < -0.39 is 11.9 Å². The normalized spacial score (nSPS) is 11.0. The van der Waals surface area contributed by atoms with Crippen molar-refractivity contribution in [3.63, 3.8) is 0 Å². The molecule has 0 aromatic carbocycles. The average molecular weight is 475 g/mol. The van der Waals surface area contributed by atoms with Crippen LogP contribution in [0.4, 0.5) is 0 Å². The van der Waals surface area contributed by atoms with Crippen LogP contribution in [0.25, 0.3) is 0 Å². The number of carbonyl (C=O) groups is 2. The predicted octanol–water partition coefficient (Wildman–Crippen LogP) is 6.35. The molecule has 0 aliphatic heterocycles. The maximum absolute atomic E-state index is 9.90. The third kappa shape index (κ3) is 25.7. The van der Waals surface area contributed by atoms with Gasteiger partial charge in [-0.15, -0.1) is 0 Å². The molecular weight excluding hydrogens is 435 g/mol. The minimum atomic E-state index is -1.24. The molecule has 152 valence electrons. The van der Waals surface area contributed by atoms with E-state index in [0.717, 1.165) is 0 Å². The van der Waals surface area contributed by atoms with Gasteiger partial charge in [0.15, 0.2) is 0 Å². The topological polar surface area (TPSA) is 74.6 Å². The van der Waals surface area contributed by atoms with Gasteiger partial charge in [0.05, 0.1) is 0 Å². The molecule has 0 amide bonds. The van der Waals surface area contributed by atoms with Crippen LogP contribution in [0.1, 0.15) is 97.8 Å². The Balaban J connectivity index is 0. The summed E-state index contributed by atoms with van der Waals surface area (Å²) in [6.07, 6.45) is 18.5. The van der Waals surface area contributed by atoms with Crippen LogP contribution in [-0.2, 0) is 9.59 Å². The van der Waals surface area contributed by atoms with Crippen LogP contribution in [0.2, 0.25) is 8.87 Å². The standard InChI is InChI=1S/2C8H17.C5H6O4.Sn/c2*1-3-5-7-8-6-4-2;1-3(5(8)9)2-4(6)7;/h2*1,3-8H2,2H3;2H,1H3,(H,6,7)(H,8,9);/b;;3-2-;. The Labute approximate surface area is 171 Å². The maximum atomic E-state index is 9.90. The number of rotatable bonds is 16. The van der Waals surface area contributed by atoms with Gasteiger partial charge in [-0.25, -0.2) is 9.59 Å². The van der Waals surface area contributed by atoms with E-state index in [-0.39, 0.29) is 26.7 Å². The van der Waals surface area contributed by atoms with Gasteiger partial charge in [-0.1, -0.05) is 0 Å². The van der Waals surface area contributed by atoms with Crippen molar-refractivity contribution in [2.75, 3.05) is 0 Å². The number of carboxylic acids is 2. The van der Waals surface area contributed by atoms with E-state index in [1.807, 2.05) is 0 Å². The molecule has 0 atom stereocenters. The van der Waals surface area contributed by atoms with E-state index in [1.165, 1.54) is 71.1 Å². The third-order valence-electron chi connectivity index (χ3n) is 4.09. The van der Waals surface area contributed by atoms with E-state index in [9.17, 15) is 9.59 Å². The van der Waals surface area contributed by atoms with E-state index >= 15 is 0 Å². The molecule has 0 aliphatic rings. The molecule has 0 saturated carbocycles.